The van der Waals surface area contributed by atoms with Crippen molar-refractivity contribution < 1.29 is 23.9 Å². The number of hydrogen-bond donors (Lipinski definition) is 3. The van der Waals surface area contributed by atoms with Gasteiger partial charge >= 0.3 is 5.97 Å². The lowest BCUT2D eigenvalue weighted by atomic mass is 10.1. The molecule has 0 atom stereocenters. The molecule has 2 amide bonds. The second kappa shape index (κ2) is 7.56. The number of aliphatic carboxylic acids is 1. The number of amides is 2. The SMILES string of the molecule is O=C(O)CNC(=O)c1ccc(NC(=O)c2cccc(F)c2)cc1Cl. The van der Waals surface area contributed by atoms with Crippen LogP contribution >= 0.6 is 11.6 Å². The Morgan fingerprint density at radius 1 is 1.08 bits per heavy atom. The van der Waals surface area contributed by atoms with Crippen molar-refractivity contribution in [1.29, 1.82) is 0 Å². The molecule has 6 nitrogen and oxygen atoms in total. The van der Waals surface area contributed by atoms with Crippen molar-refractivity contribution in [3.8, 4) is 0 Å². The van der Waals surface area contributed by atoms with Crippen LogP contribution in [-0.4, -0.2) is 29.4 Å². The molecule has 2 aromatic carbocycles. The average Bonchev–Trinajstić information content (AvgIpc) is 2.52. The summed E-state index contributed by atoms with van der Waals surface area (Å²) in [5.41, 5.74) is 0.514. The van der Waals surface area contributed by atoms with E-state index in [9.17, 15) is 18.8 Å². The zero-order chi connectivity index (χ0) is 17.7. The minimum Gasteiger partial charge on any atom is -0.480 e. The highest BCUT2D eigenvalue weighted by atomic mass is 35.5. The summed E-state index contributed by atoms with van der Waals surface area (Å²) in [4.78, 5) is 34.2. The van der Waals surface area contributed by atoms with Crippen LogP contribution < -0.4 is 10.6 Å². The first-order chi connectivity index (χ1) is 11.4. The molecule has 24 heavy (non-hydrogen) atoms. The fraction of sp³-hybridized carbons (Fsp3) is 0.0625. The maximum absolute atomic E-state index is 13.1. The van der Waals surface area contributed by atoms with Gasteiger partial charge in [-0.1, -0.05) is 17.7 Å². The first kappa shape index (κ1) is 17.4. The number of carbonyl (C=O) groups is 3. The van der Waals surface area contributed by atoms with E-state index in [-0.39, 0.29) is 16.1 Å². The van der Waals surface area contributed by atoms with Gasteiger partial charge in [-0.05, 0) is 36.4 Å². The number of carboxylic acid groups (broad SMARTS) is 1. The normalized spacial score (nSPS) is 10.1. The van der Waals surface area contributed by atoms with Gasteiger partial charge in [-0.3, -0.25) is 14.4 Å². The van der Waals surface area contributed by atoms with Crippen LogP contribution in [0.1, 0.15) is 20.7 Å². The molecule has 0 saturated heterocycles. The number of benzene rings is 2. The van der Waals surface area contributed by atoms with Crippen LogP contribution in [0.5, 0.6) is 0 Å². The second-order valence-corrected chi connectivity index (χ2v) is 5.14. The number of carboxylic acids is 1. The van der Waals surface area contributed by atoms with Crippen molar-refractivity contribution in [1.82, 2.24) is 5.32 Å². The molecule has 0 aromatic heterocycles. The molecule has 0 fully saturated rings. The Kier molecular flexibility index (Phi) is 5.49. The minimum absolute atomic E-state index is 0.0370. The predicted octanol–water partition coefficient (Wildman–Crippen LogP) is 2.55. The predicted molar refractivity (Wildman–Crippen MR) is 85.8 cm³/mol. The van der Waals surface area contributed by atoms with Gasteiger partial charge in [-0.2, -0.15) is 0 Å². The van der Waals surface area contributed by atoms with E-state index in [1.807, 2.05) is 0 Å². The Balaban J connectivity index is 2.10. The smallest absolute Gasteiger partial charge is 0.322 e. The molecular formula is C16H12ClFN2O4. The molecule has 2 aromatic rings. The fourth-order valence-electron chi connectivity index (χ4n) is 1.86. The number of nitrogens with one attached hydrogen (secondary N) is 2. The highest BCUT2D eigenvalue weighted by Crippen LogP contribution is 2.21. The van der Waals surface area contributed by atoms with Gasteiger partial charge in [-0.25, -0.2) is 4.39 Å². The van der Waals surface area contributed by atoms with Gasteiger partial charge in [0.05, 0.1) is 10.6 Å². The first-order valence-corrected chi connectivity index (χ1v) is 7.11. The average molecular weight is 351 g/mol. The Hall–Kier alpha value is -2.93. The summed E-state index contributed by atoms with van der Waals surface area (Å²) in [6, 6.07) is 9.29. The van der Waals surface area contributed by atoms with Crippen molar-refractivity contribution in [3.05, 3.63) is 64.4 Å². The quantitative estimate of drug-likeness (QED) is 0.772. The van der Waals surface area contributed by atoms with Crippen LogP contribution in [0.15, 0.2) is 42.5 Å². The molecule has 0 aliphatic heterocycles. The molecule has 8 heteroatoms. The highest BCUT2D eigenvalue weighted by Gasteiger charge is 2.13. The summed E-state index contributed by atoms with van der Waals surface area (Å²) in [5.74, 6) is -2.90. The van der Waals surface area contributed by atoms with Crippen molar-refractivity contribution in [2.24, 2.45) is 0 Å². The standard InChI is InChI=1S/C16H12ClFN2O4/c17-13-7-11(4-5-12(13)16(24)19-8-14(21)22)20-15(23)9-2-1-3-10(18)6-9/h1-7H,8H2,(H,19,24)(H,20,23)(H,21,22). The van der Waals surface area contributed by atoms with Crippen molar-refractivity contribution >= 4 is 35.1 Å². The van der Waals surface area contributed by atoms with E-state index >= 15 is 0 Å². The van der Waals surface area contributed by atoms with Crippen LogP contribution in [0.4, 0.5) is 10.1 Å². The van der Waals surface area contributed by atoms with E-state index in [0.29, 0.717) is 5.69 Å². The molecular weight excluding hydrogens is 339 g/mol. The van der Waals surface area contributed by atoms with E-state index in [2.05, 4.69) is 10.6 Å². The number of anilines is 1. The molecule has 0 bridgehead atoms. The fourth-order valence-corrected chi connectivity index (χ4v) is 2.13. The van der Waals surface area contributed by atoms with Crippen molar-refractivity contribution in [2.75, 3.05) is 11.9 Å². The van der Waals surface area contributed by atoms with Gasteiger partial charge in [0.2, 0.25) is 0 Å². The van der Waals surface area contributed by atoms with E-state index < -0.39 is 30.1 Å². The van der Waals surface area contributed by atoms with Crippen LogP contribution in [0.25, 0.3) is 0 Å². The molecule has 0 aliphatic rings. The lowest BCUT2D eigenvalue weighted by Gasteiger charge is -2.09. The van der Waals surface area contributed by atoms with E-state index in [4.69, 9.17) is 16.7 Å². The first-order valence-electron chi connectivity index (χ1n) is 6.73. The Labute approximate surface area is 141 Å². The molecule has 124 valence electrons. The van der Waals surface area contributed by atoms with Gasteiger partial charge in [0.25, 0.3) is 11.8 Å². The van der Waals surface area contributed by atoms with Gasteiger partial charge in [-0.15, -0.1) is 0 Å². The van der Waals surface area contributed by atoms with Gasteiger partial charge in [0.1, 0.15) is 12.4 Å². The summed E-state index contributed by atoms with van der Waals surface area (Å²) in [6.45, 7) is -0.535. The summed E-state index contributed by atoms with van der Waals surface area (Å²) < 4.78 is 13.1. The summed E-state index contributed by atoms with van der Waals surface area (Å²) in [7, 11) is 0. The van der Waals surface area contributed by atoms with Crippen LogP contribution in [0, 0.1) is 5.82 Å². The third-order valence-corrected chi connectivity index (χ3v) is 3.27. The van der Waals surface area contributed by atoms with Crippen LogP contribution in [0.2, 0.25) is 5.02 Å². The summed E-state index contributed by atoms with van der Waals surface area (Å²) >= 11 is 5.97. The van der Waals surface area contributed by atoms with E-state index in [1.54, 1.807) is 0 Å². The number of halogens is 2. The molecule has 0 heterocycles. The molecule has 2 rings (SSSR count). The summed E-state index contributed by atoms with van der Waals surface area (Å²) in [6.07, 6.45) is 0. The minimum atomic E-state index is -1.18. The lowest BCUT2D eigenvalue weighted by Crippen LogP contribution is -2.29. The third-order valence-electron chi connectivity index (χ3n) is 2.96. The Morgan fingerprint density at radius 3 is 2.46 bits per heavy atom. The molecule has 0 radical (unpaired) electrons. The number of rotatable bonds is 5. The Bertz CT molecular complexity index is 810. The van der Waals surface area contributed by atoms with Gasteiger partial charge in [0, 0.05) is 11.3 Å². The zero-order valence-electron chi connectivity index (χ0n) is 12.2. The molecule has 3 N–H and O–H groups in total. The molecule has 0 saturated carbocycles. The van der Waals surface area contributed by atoms with E-state index in [1.165, 1.54) is 36.4 Å². The van der Waals surface area contributed by atoms with E-state index in [0.717, 1.165) is 6.07 Å². The molecule has 0 aliphatic carbocycles. The second-order valence-electron chi connectivity index (χ2n) is 4.74. The largest absolute Gasteiger partial charge is 0.480 e. The Morgan fingerprint density at radius 2 is 1.83 bits per heavy atom. The third kappa shape index (κ3) is 4.53. The number of hydrogen-bond acceptors (Lipinski definition) is 3. The molecule has 0 unspecified atom stereocenters. The highest BCUT2D eigenvalue weighted by molar-refractivity contribution is 6.34. The maximum atomic E-state index is 13.1. The lowest BCUT2D eigenvalue weighted by molar-refractivity contribution is -0.135. The summed E-state index contributed by atoms with van der Waals surface area (Å²) in [5, 5.41) is 13.3. The van der Waals surface area contributed by atoms with Gasteiger partial charge in [0.15, 0.2) is 0 Å². The van der Waals surface area contributed by atoms with Crippen molar-refractivity contribution in [2.45, 2.75) is 0 Å². The molecule has 0 spiro atoms. The zero-order valence-corrected chi connectivity index (χ0v) is 12.9. The monoisotopic (exact) mass is 350 g/mol. The number of carbonyl (C=O) groups excluding carboxylic acids is 2. The maximum Gasteiger partial charge on any atom is 0.322 e. The van der Waals surface area contributed by atoms with Crippen molar-refractivity contribution in [3.63, 3.8) is 0 Å². The topological polar surface area (TPSA) is 95.5 Å². The van der Waals surface area contributed by atoms with Gasteiger partial charge < -0.3 is 15.7 Å². The van der Waals surface area contributed by atoms with Crippen LogP contribution in [0.3, 0.4) is 0 Å². The van der Waals surface area contributed by atoms with Crippen LogP contribution in [-0.2, 0) is 4.79 Å².